The third-order valence-electron chi connectivity index (χ3n) is 2.76. The molecule has 2 aromatic carbocycles. The number of halogens is 3. The molecule has 1 aromatic heterocycles. The fourth-order valence-corrected chi connectivity index (χ4v) is 2.93. The van der Waals surface area contributed by atoms with E-state index in [-0.39, 0.29) is 5.52 Å². The van der Waals surface area contributed by atoms with Crippen molar-refractivity contribution in [2.24, 2.45) is 0 Å². The molecule has 6 heteroatoms. The lowest BCUT2D eigenvalue weighted by molar-refractivity contribution is 0.515. The summed E-state index contributed by atoms with van der Waals surface area (Å²) in [5, 5.41) is 4.46. The zero-order valence-electron chi connectivity index (χ0n) is 10.2. The number of aromatic nitrogens is 1. The van der Waals surface area contributed by atoms with Crippen molar-refractivity contribution >= 4 is 38.8 Å². The highest BCUT2D eigenvalue weighted by Crippen LogP contribution is 2.26. The van der Waals surface area contributed by atoms with Crippen molar-refractivity contribution in [1.29, 1.82) is 0 Å². The summed E-state index contributed by atoms with van der Waals surface area (Å²) in [5.74, 6) is -1.77. The van der Waals surface area contributed by atoms with Crippen LogP contribution in [-0.2, 0) is 6.54 Å². The van der Waals surface area contributed by atoms with Gasteiger partial charge in [0.1, 0.15) is 10.5 Å². The van der Waals surface area contributed by atoms with E-state index in [0.717, 1.165) is 11.8 Å². The smallest absolute Gasteiger partial charge is 0.185 e. The molecule has 0 saturated carbocycles. The average Bonchev–Trinajstić information content (AvgIpc) is 2.85. The van der Waals surface area contributed by atoms with Crippen LogP contribution in [0.1, 0.15) is 5.01 Å². The van der Waals surface area contributed by atoms with Gasteiger partial charge in [0.25, 0.3) is 0 Å². The Morgan fingerprint density at radius 3 is 2.85 bits per heavy atom. The molecule has 0 radical (unpaired) electrons. The van der Waals surface area contributed by atoms with Gasteiger partial charge in [-0.3, -0.25) is 0 Å². The Kier molecular flexibility index (Phi) is 3.54. The van der Waals surface area contributed by atoms with Crippen LogP contribution in [0.2, 0.25) is 5.02 Å². The minimum Gasteiger partial charge on any atom is -0.378 e. The van der Waals surface area contributed by atoms with Crippen LogP contribution in [0.5, 0.6) is 0 Å². The molecule has 0 fully saturated rings. The van der Waals surface area contributed by atoms with Gasteiger partial charge in [0.15, 0.2) is 11.6 Å². The van der Waals surface area contributed by atoms with Crippen LogP contribution in [0.4, 0.5) is 14.5 Å². The third kappa shape index (κ3) is 2.59. The lowest BCUT2D eigenvalue weighted by Crippen LogP contribution is -1.98. The van der Waals surface area contributed by atoms with Crippen molar-refractivity contribution < 1.29 is 8.78 Å². The second-order valence-corrected chi connectivity index (χ2v) is 5.73. The predicted molar refractivity (Wildman–Crippen MR) is 78.3 cm³/mol. The second kappa shape index (κ2) is 5.34. The molecule has 1 N–H and O–H groups in total. The van der Waals surface area contributed by atoms with Gasteiger partial charge in [0.05, 0.1) is 11.2 Å². The van der Waals surface area contributed by atoms with Crippen molar-refractivity contribution in [1.82, 2.24) is 4.98 Å². The number of fused-ring (bicyclic) bond motifs is 1. The number of anilines is 1. The lowest BCUT2D eigenvalue weighted by atomic mass is 10.3. The van der Waals surface area contributed by atoms with Crippen molar-refractivity contribution in [3.63, 3.8) is 0 Å². The molecule has 0 saturated heterocycles. The summed E-state index contributed by atoms with van der Waals surface area (Å²) in [6, 6.07) is 9.92. The number of thiazole rings is 1. The van der Waals surface area contributed by atoms with Crippen LogP contribution < -0.4 is 5.32 Å². The molecule has 0 aliphatic heterocycles. The van der Waals surface area contributed by atoms with Crippen LogP contribution in [0.3, 0.4) is 0 Å². The number of nitrogens with one attached hydrogen (secondary N) is 1. The largest absolute Gasteiger partial charge is 0.378 e. The van der Waals surface area contributed by atoms with E-state index in [1.54, 1.807) is 12.1 Å². The van der Waals surface area contributed by atoms with E-state index in [1.165, 1.54) is 17.4 Å². The minimum atomic E-state index is -0.896. The van der Waals surface area contributed by atoms with Crippen molar-refractivity contribution in [2.75, 3.05) is 5.32 Å². The van der Waals surface area contributed by atoms with E-state index in [0.29, 0.717) is 21.3 Å². The van der Waals surface area contributed by atoms with Crippen LogP contribution in [0.15, 0.2) is 36.4 Å². The van der Waals surface area contributed by atoms with Crippen molar-refractivity contribution in [3.8, 4) is 0 Å². The van der Waals surface area contributed by atoms with Crippen LogP contribution in [0, 0.1) is 11.6 Å². The quantitative estimate of drug-likeness (QED) is 0.748. The van der Waals surface area contributed by atoms with Crippen molar-refractivity contribution in [3.05, 3.63) is 58.1 Å². The molecule has 3 rings (SSSR count). The monoisotopic (exact) mass is 310 g/mol. The molecule has 20 heavy (non-hydrogen) atoms. The van der Waals surface area contributed by atoms with E-state index in [4.69, 9.17) is 11.6 Å². The van der Waals surface area contributed by atoms with Gasteiger partial charge in [-0.1, -0.05) is 17.7 Å². The molecule has 0 aliphatic carbocycles. The summed E-state index contributed by atoms with van der Waals surface area (Å²) in [6.07, 6.45) is 0. The first kappa shape index (κ1) is 13.3. The maximum atomic E-state index is 13.6. The number of nitrogens with zero attached hydrogens (tertiary/aromatic N) is 1. The van der Waals surface area contributed by atoms with E-state index in [9.17, 15) is 8.78 Å². The highest BCUT2D eigenvalue weighted by atomic mass is 35.5. The first-order valence-corrected chi connectivity index (χ1v) is 7.06. The van der Waals surface area contributed by atoms with Gasteiger partial charge in [-0.2, -0.15) is 0 Å². The molecule has 2 nitrogen and oxygen atoms in total. The highest BCUT2D eigenvalue weighted by Gasteiger charge is 2.12. The fourth-order valence-electron chi connectivity index (χ4n) is 1.83. The highest BCUT2D eigenvalue weighted by molar-refractivity contribution is 7.18. The Balaban J connectivity index is 1.83. The first-order valence-electron chi connectivity index (χ1n) is 5.86. The Labute approximate surface area is 123 Å². The zero-order valence-corrected chi connectivity index (χ0v) is 11.7. The molecule has 0 bridgehead atoms. The number of hydrogen-bond donors (Lipinski definition) is 1. The molecular weight excluding hydrogens is 302 g/mol. The number of benzene rings is 2. The molecule has 0 spiro atoms. The van der Waals surface area contributed by atoms with Gasteiger partial charge in [0, 0.05) is 10.7 Å². The van der Waals surface area contributed by atoms with E-state index in [2.05, 4.69) is 10.3 Å². The lowest BCUT2D eigenvalue weighted by Gasteiger charge is -2.03. The Bertz CT molecular complexity index is 773. The summed E-state index contributed by atoms with van der Waals surface area (Å²) in [7, 11) is 0. The van der Waals surface area contributed by atoms with Crippen molar-refractivity contribution in [2.45, 2.75) is 6.54 Å². The summed E-state index contributed by atoms with van der Waals surface area (Å²) in [6.45, 7) is 0.431. The summed E-state index contributed by atoms with van der Waals surface area (Å²) in [4.78, 5) is 4.12. The predicted octanol–water partition coefficient (Wildman–Crippen LogP) is 4.84. The molecule has 0 aliphatic rings. The van der Waals surface area contributed by atoms with E-state index >= 15 is 0 Å². The topological polar surface area (TPSA) is 24.9 Å². The van der Waals surface area contributed by atoms with Crippen LogP contribution >= 0.6 is 22.9 Å². The summed E-state index contributed by atoms with van der Waals surface area (Å²) >= 11 is 7.22. The number of hydrogen-bond acceptors (Lipinski definition) is 3. The normalized spacial score (nSPS) is 10.9. The standard InChI is InChI=1S/C14H9ClF2N2S/c15-8-2-1-3-9(6-8)18-7-12-19-14-11(20-12)5-4-10(16)13(14)17/h1-6,18H,7H2. The maximum absolute atomic E-state index is 13.6. The SMILES string of the molecule is Fc1ccc2sc(CNc3cccc(Cl)c3)nc2c1F. The van der Waals surface area contributed by atoms with Gasteiger partial charge in [-0.25, -0.2) is 13.8 Å². The van der Waals surface area contributed by atoms with Gasteiger partial charge in [-0.15, -0.1) is 11.3 Å². The molecule has 102 valence electrons. The molecule has 1 heterocycles. The maximum Gasteiger partial charge on any atom is 0.185 e. The fraction of sp³-hybridized carbons (Fsp3) is 0.0714. The van der Waals surface area contributed by atoms with Gasteiger partial charge >= 0.3 is 0 Å². The minimum absolute atomic E-state index is 0.0814. The molecule has 0 atom stereocenters. The first-order chi connectivity index (χ1) is 9.63. The van der Waals surface area contributed by atoms with Gasteiger partial charge < -0.3 is 5.32 Å². The molecular formula is C14H9ClF2N2S. The molecule has 0 amide bonds. The average molecular weight is 311 g/mol. The number of rotatable bonds is 3. The Hall–Kier alpha value is -1.72. The van der Waals surface area contributed by atoms with Gasteiger partial charge in [0.2, 0.25) is 0 Å². The van der Waals surface area contributed by atoms with Crippen LogP contribution in [-0.4, -0.2) is 4.98 Å². The summed E-state index contributed by atoms with van der Waals surface area (Å²) < 4.78 is 27.3. The summed E-state index contributed by atoms with van der Waals surface area (Å²) in [5.41, 5.74) is 0.932. The molecule has 0 unspecified atom stereocenters. The molecule has 3 aromatic rings. The van der Waals surface area contributed by atoms with Gasteiger partial charge in [-0.05, 0) is 30.3 Å². The van der Waals surface area contributed by atoms with E-state index < -0.39 is 11.6 Å². The van der Waals surface area contributed by atoms with E-state index in [1.807, 2.05) is 12.1 Å². The third-order valence-corrected chi connectivity index (χ3v) is 4.02. The van der Waals surface area contributed by atoms with Crippen LogP contribution in [0.25, 0.3) is 10.2 Å². The second-order valence-electron chi connectivity index (χ2n) is 4.18. The Morgan fingerprint density at radius 2 is 2.05 bits per heavy atom. The Morgan fingerprint density at radius 1 is 1.20 bits per heavy atom. The zero-order chi connectivity index (χ0) is 14.1.